The summed E-state index contributed by atoms with van der Waals surface area (Å²) < 4.78 is 5.53. The number of aromatic amines is 1. The van der Waals surface area contributed by atoms with Gasteiger partial charge in [0.25, 0.3) is 0 Å². The van der Waals surface area contributed by atoms with Crippen molar-refractivity contribution >= 4 is 10.9 Å². The molecule has 0 radical (unpaired) electrons. The summed E-state index contributed by atoms with van der Waals surface area (Å²) in [5.41, 5.74) is 3.81. The lowest BCUT2D eigenvalue weighted by Crippen LogP contribution is -2.16. The summed E-state index contributed by atoms with van der Waals surface area (Å²) in [4.78, 5) is 3.22. The smallest absolute Gasteiger partial charge is 0.119 e. The van der Waals surface area contributed by atoms with E-state index in [1.807, 2.05) is 19.2 Å². The van der Waals surface area contributed by atoms with Crippen molar-refractivity contribution in [1.82, 2.24) is 10.3 Å². The highest BCUT2D eigenvalue weighted by Gasteiger charge is 1.99. The fourth-order valence-corrected chi connectivity index (χ4v) is 2.64. The third-order valence-electron chi connectivity index (χ3n) is 3.75. The Morgan fingerprint density at radius 3 is 2.91 bits per heavy atom. The lowest BCUT2D eigenvalue weighted by atomic mass is 10.1. The third kappa shape index (κ3) is 3.68. The number of hydrogen-bond donors (Lipinski definition) is 2. The van der Waals surface area contributed by atoms with Gasteiger partial charge in [0.05, 0.1) is 6.61 Å². The van der Waals surface area contributed by atoms with Crippen LogP contribution in [0.3, 0.4) is 0 Å². The number of rotatable bonds is 7. The molecule has 0 bridgehead atoms. The largest absolute Gasteiger partial charge is 0.494 e. The van der Waals surface area contributed by atoms with E-state index in [2.05, 4.69) is 52.8 Å². The second-order valence-corrected chi connectivity index (χ2v) is 5.41. The number of hydrogen-bond acceptors (Lipinski definition) is 2. The monoisotopic (exact) mass is 294 g/mol. The first-order chi connectivity index (χ1) is 10.8. The SMILES string of the molecule is CCOc1cccc(CCNCc2ccc3[nH]ccc3c2)c1. The highest BCUT2D eigenvalue weighted by Crippen LogP contribution is 2.15. The fourth-order valence-electron chi connectivity index (χ4n) is 2.64. The Bertz CT molecular complexity index is 733. The molecule has 0 atom stereocenters. The molecule has 2 aromatic carbocycles. The van der Waals surface area contributed by atoms with Gasteiger partial charge < -0.3 is 15.0 Å². The molecule has 2 N–H and O–H groups in total. The first-order valence-corrected chi connectivity index (χ1v) is 7.83. The van der Waals surface area contributed by atoms with Crippen LogP contribution in [-0.4, -0.2) is 18.1 Å². The normalized spacial score (nSPS) is 11.0. The quantitative estimate of drug-likeness (QED) is 0.648. The van der Waals surface area contributed by atoms with E-state index in [-0.39, 0.29) is 0 Å². The summed E-state index contributed by atoms with van der Waals surface area (Å²) in [5.74, 6) is 0.956. The van der Waals surface area contributed by atoms with Gasteiger partial charge in [0.15, 0.2) is 0 Å². The third-order valence-corrected chi connectivity index (χ3v) is 3.75. The molecule has 0 aliphatic heterocycles. The van der Waals surface area contributed by atoms with E-state index in [4.69, 9.17) is 4.74 Å². The predicted molar refractivity (Wildman–Crippen MR) is 91.3 cm³/mol. The van der Waals surface area contributed by atoms with E-state index in [1.165, 1.54) is 22.0 Å². The summed E-state index contributed by atoms with van der Waals surface area (Å²) in [5, 5.41) is 4.77. The zero-order chi connectivity index (χ0) is 15.2. The Kier molecular flexibility index (Phi) is 4.76. The van der Waals surface area contributed by atoms with Gasteiger partial charge in [-0.15, -0.1) is 0 Å². The van der Waals surface area contributed by atoms with Gasteiger partial charge in [-0.1, -0.05) is 18.2 Å². The first-order valence-electron chi connectivity index (χ1n) is 7.83. The molecule has 1 heterocycles. The molecule has 0 amide bonds. The van der Waals surface area contributed by atoms with Crippen LogP contribution in [-0.2, 0) is 13.0 Å². The summed E-state index contributed by atoms with van der Waals surface area (Å²) >= 11 is 0. The highest BCUT2D eigenvalue weighted by molar-refractivity contribution is 5.79. The van der Waals surface area contributed by atoms with Gasteiger partial charge in [0.1, 0.15) is 5.75 Å². The van der Waals surface area contributed by atoms with E-state index >= 15 is 0 Å². The van der Waals surface area contributed by atoms with Crippen LogP contribution in [0.25, 0.3) is 10.9 Å². The minimum Gasteiger partial charge on any atom is -0.494 e. The Hall–Kier alpha value is -2.26. The van der Waals surface area contributed by atoms with Crippen molar-refractivity contribution in [2.24, 2.45) is 0 Å². The van der Waals surface area contributed by atoms with Crippen molar-refractivity contribution in [1.29, 1.82) is 0 Å². The maximum Gasteiger partial charge on any atom is 0.119 e. The molecule has 22 heavy (non-hydrogen) atoms. The molecule has 0 spiro atoms. The summed E-state index contributed by atoms with van der Waals surface area (Å²) in [6.45, 7) is 4.58. The van der Waals surface area contributed by atoms with Gasteiger partial charge in [-0.25, -0.2) is 0 Å². The van der Waals surface area contributed by atoms with Crippen molar-refractivity contribution in [3.8, 4) is 5.75 Å². The van der Waals surface area contributed by atoms with Gasteiger partial charge in [-0.05, 0) is 66.7 Å². The molecule has 114 valence electrons. The number of benzene rings is 2. The zero-order valence-electron chi connectivity index (χ0n) is 12.9. The van der Waals surface area contributed by atoms with Crippen molar-refractivity contribution in [2.45, 2.75) is 19.9 Å². The van der Waals surface area contributed by atoms with Crippen LogP contribution in [0.2, 0.25) is 0 Å². The molecule has 0 aliphatic rings. The Morgan fingerprint density at radius 1 is 1.05 bits per heavy atom. The minimum atomic E-state index is 0.712. The average Bonchev–Trinajstić information content (AvgIpc) is 3.00. The van der Waals surface area contributed by atoms with Gasteiger partial charge >= 0.3 is 0 Å². The minimum absolute atomic E-state index is 0.712. The number of H-pyrrole nitrogens is 1. The molecular formula is C19H22N2O. The first kappa shape index (κ1) is 14.7. The van der Waals surface area contributed by atoms with E-state index in [0.717, 1.165) is 25.3 Å². The number of nitrogens with one attached hydrogen (secondary N) is 2. The maximum atomic E-state index is 5.53. The average molecular weight is 294 g/mol. The predicted octanol–water partition coefficient (Wildman–Crippen LogP) is 3.90. The lowest BCUT2D eigenvalue weighted by molar-refractivity contribution is 0.340. The molecule has 0 saturated carbocycles. The number of ether oxygens (including phenoxy) is 1. The van der Waals surface area contributed by atoms with Crippen LogP contribution in [0, 0.1) is 0 Å². The van der Waals surface area contributed by atoms with E-state index in [1.54, 1.807) is 0 Å². The van der Waals surface area contributed by atoms with Crippen molar-refractivity contribution < 1.29 is 4.74 Å². The van der Waals surface area contributed by atoms with Crippen LogP contribution in [0.5, 0.6) is 5.75 Å². The summed E-state index contributed by atoms with van der Waals surface area (Å²) in [7, 11) is 0. The standard InChI is InChI=1S/C19H22N2O/c1-2-22-18-5-3-4-15(13-18)8-10-20-14-16-6-7-19-17(12-16)9-11-21-19/h3-7,9,11-13,20-21H,2,8,10,14H2,1H3. The van der Waals surface area contributed by atoms with Crippen LogP contribution in [0.1, 0.15) is 18.1 Å². The number of fused-ring (bicyclic) bond motifs is 1. The van der Waals surface area contributed by atoms with Crippen LogP contribution < -0.4 is 10.1 Å². The lowest BCUT2D eigenvalue weighted by Gasteiger charge is -2.08. The van der Waals surface area contributed by atoms with Gasteiger partial charge in [-0.2, -0.15) is 0 Å². The maximum absolute atomic E-state index is 5.53. The van der Waals surface area contributed by atoms with Crippen molar-refractivity contribution in [2.75, 3.05) is 13.2 Å². The van der Waals surface area contributed by atoms with Crippen LogP contribution in [0.4, 0.5) is 0 Å². The molecule has 3 heteroatoms. The highest BCUT2D eigenvalue weighted by atomic mass is 16.5. The molecule has 3 nitrogen and oxygen atoms in total. The van der Waals surface area contributed by atoms with E-state index in [9.17, 15) is 0 Å². The zero-order valence-corrected chi connectivity index (χ0v) is 12.9. The fraction of sp³-hybridized carbons (Fsp3) is 0.263. The van der Waals surface area contributed by atoms with Crippen LogP contribution >= 0.6 is 0 Å². The van der Waals surface area contributed by atoms with E-state index < -0.39 is 0 Å². The molecule has 0 unspecified atom stereocenters. The summed E-state index contributed by atoms with van der Waals surface area (Å²) in [6.07, 6.45) is 2.99. The Labute approximate surface area is 131 Å². The molecule has 1 aromatic heterocycles. The molecule has 0 fully saturated rings. The molecule has 0 aliphatic carbocycles. The van der Waals surface area contributed by atoms with Gasteiger partial charge in [0, 0.05) is 18.3 Å². The van der Waals surface area contributed by atoms with Crippen LogP contribution in [0.15, 0.2) is 54.7 Å². The second kappa shape index (κ2) is 7.14. The molecule has 0 saturated heterocycles. The molecule has 3 aromatic rings. The second-order valence-electron chi connectivity index (χ2n) is 5.41. The van der Waals surface area contributed by atoms with E-state index in [0.29, 0.717) is 6.61 Å². The molecule has 3 rings (SSSR count). The summed E-state index contributed by atoms with van der Waals surface area (Å²) in [6, 6.07) is 17.0. The topological polar surface area (TPSA) is 37.0 Å². The van der Waals surface area contributed by atoms with Crippen molar-refractivity contribution in [3.05, 3.63) is 65.9 Å². The molecular weight excluding hydrogens is 272 g/mol. The number of aromatic nitrogens is 1. The van der Waals surface area contributed by atoms with Crippen molar-refractivity contribution in [3.63, 3.8) is 0 Å². The van der Waals surface area contributed by atoms with Gasteiger partial charge in [-0.3, -0.25) is 0 Å². The Balaban J connectivity index is 1.49. The van der Waals surface area contributed by atoms with Gasteiger partial charge in [0.2, 0.25) is 0 Å². The Morgan fingerprint density at radius 2 is 2.00 bits per heavy atom.